The molecular formula is C35H47N2O2P. The van der Waals surface area contributed by atoms with Gasteiger partial charge in [-0.05, 0) is 95.9 Å². The molecule has 5 heteroatoms. The number of anilines is 1. The van der Waals surface area contributed by atoms with Gasteiger partial charge in [-0.1, -0.05) is 83.4 Å². The van der Waals surface area contributed by atoms with Crippen LogP contribution in [-0.2, 0) is 17.9 Å². The van der Waals surface area contributed by atoms with Crippen molar-refractivity contribution >= 4 is 25.5 Å². The van der Waals surface area contributed by atoms with Crippen LogP contribution in [0.15, 0.2) is 48.5 Å². The van der Waals surface area contributed by atoms with Gasteiger partial charge in [-0.2, -0.15) is 0 Å². The quantitative estimate of drug-likeness (QED) is 0.187. The molecule has 3 aromatic carbocycles. The minimum atomic E-state index is -0.798. The summed E-state index contributed by atoms with van der Waals surface area (Å²) in [6.45, 7) is 18.1. The van der Waals surface area contributed by atoms with E-state index >= 15 is 0 Å². The van der Waals surface area contributed by atoms with Crippen LogP contribution < -0.4 is 11.0 Å². The van der Waals surface area contributed by atoms with Gasteiger partial charge in [-0.15, -0.1) is 0 Å². The molecule has 1 fully saturated rings. The van der Waals surface area contributed by atoms with Gasteiger partial charge in [0.05, 0.1) is 6.42 Å². The van der Waals surface area contributed by atoms with E-state index in [1.54, 1.807) is 0 Å². The van der Waals surface area contributed by atoms with E-state index in [2.05, 4.69) is 94.7 Å². The maximum Gasteiger partial charge on any atom is 0.304 e. The van der Waals surface area contributed by atoms with Crippen LogP contribution in [0.2, 0.25) is 0 Å². The number of carboxylic acids is 1. The molecule has 0 aliphatic heterocycles. The topological polar surface area (TPSA) is 66.6 Å². The molecule has 40 heavy (non-hydrogen) atoms. The van der Waals surface area contributed by atoms with Crippen molar-refractivity contribution in [3.8, 4) is 0 Å². The van der Waals surface area contributed by atoms with E-state index in [-0.39, 0.29) is 17.8 Å². The van der Waals surface area contributed by atoms with E-state index in [0.717, 1.165) is 47.3 Å². The number of carbonyl (C=O) groups is 1. The monoisotopic (exact) mass is 558 g/mol. The third-order valence-electron chi connectivity index (χ3n) is 8.16. The first-order valence-corrected chi connectivity index (χ1v) is 16.1. The molecule has 0 saturated heterocycles. The molecule has 0 bridgehead atoms. The van der Waals surface area contributed by atoms with Crippen molar-refractivity contribution in [2.45, 2.75) is 85.7 Å². The van der Waals surface area contributed by atoms with Crippen LogP contribution in [0.1, 0.15) is 96.4 Å². The van der Waals surface area contributed by atoms with Crippen LogP contribution in [0.5, 0.6) is 0 Å². The number of benzene rings is 3. The molecule has 2 atom stereocenters. The SMILES string of the molecule is CPc1ccc([C@H](CC(=O)O)c2ccc(C)c(CN(Cc3cc(C)ccc3C3CC3)CC(C)(C)C)c2)c(C)c1N. The zero-order valence-electron chi connectivity index (χ0n) is 25.4. The minimum absolute atomic E-state index is 0.0380. The van der Waals surface area contributed by atoms with E-state index in [0.29, 0.717) is 14.5 Å². The fraction of sp³-hybridized carbons (Fsp3) is 0.457. The van der Waals surface area contributed by atoms with Crippen LogP contribution >= 0.6 is 8.58 Å². The minimum Gasteiger partial charge on any atom is -0.481 e. The van der Waals surface area contributed by atoms with E-state index in [9.17, 15) is 9.90 Å². The number of nitrogens with two attached hydrogens (primary N) is 1. The molecule has 0 radical (unpaired) electrons. The lowest BCUT2D eigenvalue weighted by atomic mass is 9.84. The maximum absolute atomic E-state index is 12.0. The van der Waals surface area contributed by atoms with E-state index in [4.69, 9.17) is 5.73 Å². The Morgan fingerprint density at radius 2 is 1.73 bits per heavy atom. The first-order chi connectivity index (χ1) is 18.9. The van der Waals surface area contributed by atoms with E-state index < -0.39 is 5.97 Å². The van der Waals surface area contributed by atoms with Crippen molar-refractivity contribution in [3.05, 3.63) is 93.0 Å². The highest BCUT2D eigenvalue weighted by atomic mass is 31.1. The predicted molar refractivity (Wildman–Crippen MR) is 171 cm³/mol. The third kappa shape index (κ3) is 7.53. The Bertz CT molecular complexity index is 1370. The molecule has 0 amide bonds. The highest BCUT2D eigenvalue weighted by molar-refractivity contribution is 7.46. The van der Waals surface area contributed by atoms with Crippen LogP contribution in [0.3, 0.4) is 0 Å². The lowest BCUT2D eigenvalue weighted by molar-refractivity contribution is -0.137. The molecule has 4 rings (SSSR count). The van der Waals surface area contributed by atoms with E-state index in [1.807, 2.05) is 6.92 Å². The molecule has 214 valence electrons. The summed E-state index contributed by atoms with van der Waals surface area (Å²) in [5.74, 6) is -0.333. The second kappa shape index (κ2) is 12.5. The van der Waals surface area contributed by atoms with Gasteiger partial charge in [-0.25, -0.2) is 0 Å². The normalized spacial score (nSPS) is 14.8. The lowest BCUT2D eigenvalue weighted by Crippen LogP contribution is -2.32. The Labute approximate surface area is 243 Å². The summed E-state index contributed by atoms with van der Waals surface area (Å²) in [6, 6.07) is 17.7. The summed E-state index contributed by atoms with van der Waals surface area (Å²) >= 11 is 0. The van der Waals surface area contributed by atoms with Gasteiger partial charge in [-0.3, -0.25) is 9.69 Å². The summed E-state index contributed by atoms with van der Waals surface area (Å²) in [7, 11) is 0.607. The third-order valence-corrected chi connectivity index (χ3v) is 9.13. The van der Waals surface area contributed by atoms with Gasteiger partial charge in [0.2, 0.25) is 0 Å². The van der Waals surface area contributed by atoms with Crippen molar-refractivity contribution in [3.63, 3.8) is 0 Å². The average molecular weight is 559 g/mol. The fourth-order valence-electron chi connectivity index (χ4n) is 5.99. The predicted octanol–water partition coefficient (Wildman–Crippen LogP) is 7.66. The Hall–Kier alpha value is -2.68. The average Bonchev–Trinajstić information content (AvgIpc) is 3.70. The fourth-order valence-corrected chi connectivity index (χ4v) is 6.69. The van der Waals surface area contributed by atoms with Crippen LogP contribution in [-0.4, -0.2) is 29.2 Å². The Balaban J connectivity index is 1.70. The number of rotatable bonds is 11. The molecule has 1 aliphatic carbocycles. The molecule has 0 spiro atoms. The zero-order chi connectivity index (χ0) is 29.2. The van der Waals surface area contributed by atoms with Gasteiger partial charge < -0.3 is 10.8 Å². The van der Waals surface area contributed by atoms with Crippen molar-refractivity contribution in [2.24, 2.45) is 5.41 Å². The Morgan fingerprint density at radius 3 is 2.35 bits per heavy atom. The maximum atomic E-state index is 12.0. The first-order valence-electron chi connectivity index (χ1n) is 14.6. The number of nitrogen functional groups attached to an aromatic ring is 1. The molecule has 0 heterocycles. The highest BCUT2D eigenvalue weighted by Gasteiger charge is 2.28. The molecule has 0 aromatic heterocycles. The Kier molecular flexibility index (Phi) is 9.43. The first kappa shape index (κ1) is 30.3. The number of carboxylic acid groups (broad SMARTS) is 1. The summed E-state index contributed by atoms with van der Waals surface area (Å²) in [5.41, 5.74) is 17.3. The molecule has 3 N–H and O–H groups in total. The van der Waals surface area contributed by atoms with Crippen LogP contribution in [0, 0.1) is 26.2 Å². The highest BCUT2D eigenvalue weighted by Crippen LogP contribution is 2.42. The molecular weight excluding hydrogens is 511 g/mol. The van der Waals surface area contributed by atoms with Crippen molar-refractivity contribution in [1.82, 2.24) is 4.90 Å². The van der Waals surface area contributed by atoms with Gasteiger partial charge in [0.15, 0.2) is 0 Å². The number of nitrogens with zero attached hydrogens (tertiary/aromatic N) is 1. The number of hydrogen-bond donors (Lipinski definition) is 2. The van der Waals surface area contributed by atoms with Crippen LogP contribution in [0.4, 0.5) is 5.69 Å². The summed E-state index contributed by atoms with van der Waals surface area (Å²) in [6.07, 6.45) is 2.63. The zero-order valence-corrected chi connectivity index (χ0v) is 26.4. The molecule has 1 aliphatic rings. The molecule has 1 unspecified atom stereocenters. The molecule has 4 nitrogen and oxygen atoms in total. The smallest absolute Gasteiger partial charge is 0.304 e. The second-order valence-electron chi connectivity index (χ2n) is 13.0. The van der Waals surface area contributed by atoms with Crippen molar-refractivity contribution < 1.29 is 9.90 Å². The Morgan fingerprint density at radius 1 is 1.02 bits per heavy atom. The van der Waals surface area contributed by atoms with Gasteiger partial charge >= 0.3 is 5.97 Å². The summed E-state index contributed by atoms with van der Waals surface area (Å²) in [5, 5.41) is 11.0. The second-order valence-corrected chi connectivity index (χ2v) is 14.0. The van der Waals surface area contributed by atoms with Gasteiger partial charge in [0.25, 0.3) is 0 Å². The molecule has 3 aromatic rings. The van der Waals surface area contributed by atoms with Crippen LogP contribution in [0.25, 0.3) is 0 Å². The standard InChI is InChI=1S/C35H47N2O2P/c1-22-8-13-30(25-11-12-25)28(16-22)20-37(21-35(4,5)6)19-27-17-26(10-9-23(27)2)31(18-33(38)39)29-14-15-32(40-7)34(36)24(29)3/h8-10,13-17,25,31,40H,11-12,18-21,36H2,1-7H3,(H,38,39)/t31-/m1/s1. The summed E-state index contributed by atoms with van der Waals surface area (Å²) < 4.78 is 0. The van der Waals surface area contributed by atoms with Crippen molar-refractivity contribution in [1.29, 1.82) is 0 Å². The largest absolute Gasteiger partial charge is 0.481 e. The number of aryl methyl sites for hydroxylation is 2. The summed E-state index contributed by atoms with van der Waals surface area (Å²) in [4.78, 5) is 14.6. The molecule has 1 saturated carbocycles. The van der Waals surface area contributed by atoms with Gasteiger partial charge in [0, 0.05) is 31.2 Å². The van der Waals surface area contributed by atoms with Gasteiger partial charge in [0.1, 0.15) is 0 Å². The number of aliphatic carboxylic acids is 1. The number of hydrogen-bond acceptors (Lipinski definition) is 3. The van der Waals surface area contributed by atoms with Crippen molar-refractivity contribution in [2.75, 3.05) is 18.9 Å². The van der Waals surface area contributed by atoms with E-state index in [1.165, 1.54) is 40.7 Å². The lowest BCUT2D eigenvalue weighted by Gasteiger charge is -2.32.